The van der Waals surface area contributed by atoms with Crippen LogP contribution in [0.1, 0.15) is 28.4 Å². The molecule has 0 saturated heterocycles. The third-order valence-electron chi connectivity index (χ3n) is 4.17. The molecule has 0 radical (unpaired) electrons. The first-order valence-corrected chi connectivity index (χ1v) is 10.0. The Balaban J connectivity index is 1.66. The molecule has 0 aliphatic carbocycles. The van der Waals surface area contributed by atoms with E-state index in [0.717, 1.165) is 5.56 Å². The van der Waals surface area contributed by atoms with E-state index < -0.39 is 5.97 Å². The fourth-order valence-corrected chi connectivity index (χ4v) is 2.95. The van der Waals surface area contributed by atoms with Crippen LogP contribution < -0.4 is 14.9 Å². The fourth-order valence-electron chi connectivity index (χ4n) is 2.74. The predicted octanol–water partition coefficient (Wildman–Crippen LogP) is 4.65. The number of hydrogen-bond acceptors (Lipinski definition) is 5. The zero-order valence-corrected chi connectivity index (χ0v) is 17.6. The number of hydrogen-bond donors (Lipinski definition) is 1. The van der Waals surface area contributed by atoms with Gasteiger partial charge in [-0.3, -0.25) is 4.79 Å². The van der Waals surface area contributed by atoms with E-state index in [0.29, 0.717) is 22.9 Å². The van der Waals surface area contributed by atoms with Crippen molar-refractivity contribution in [2.24, 2.45) is 5.10 Å². The third kappa shape index (κ3) is 6.42. The van der Waals surface area contributed by atoms with Crippen LogP contribution in [0.5, 0.6) is 11.5 Å². The maximum absolute atomic E-state index is 12.4. The fraction of sp³-hybridized carbons (Fsp3) is 0.125. The number of ether oxygens (including phenoxy) is 2. The Morgan fingerprint density at radius 3 is 2.48 bits per heavy atom. The normalized spacial score (nSPS) is 10.6. The Morgan fingerprint density at radius 2 is 1.74 bits per heavy atom. The molecule has 31 heavy (non-hydrogen) atoms. The number of halogens is 1. The van der Waals surface area contributed by atoms with Crippen molar-refractivity contribution in [2.75, 3.05) is 6.61 Å². The van der Waals surface area contributed by atoms with Crippen molar-refractivity contribution in [2.45, 2.75) is 13.3 Å². The van der Waals surface area contributed by atoms with E-state index in [4.69, 9.17) is 21.1 Å². The number of amides is 1. The molecule has 0 bridgehead atoms. The van der Waals surface area contributed by atoms with Gasteiger partial charge < -0.3 is 9.47 Å². The maximum atomic E-state index is 12.4. The van der Waals surface area contributed by atoms with Crippen LogP contribution in [0.25, 0.3) is 0 Å². The van der Waals surface area contributed by atoms with Crippen LogP contribution in [0, 0.1) is 0 Å². The molecule has 158 valence electrons. The molecule has 0 atom stereocenters. The summed E-state index contributed by atoms with van der Waals surface area (Å²) in [6.45, 7) is 2.20. The Kier molecular flexibility index (Phi) is 7.79. The van der Waals surface area contributed by atoms with Gasteiger partial charge in [-0.2, -0.15) is 5.10 Å². The van der Waals surface area contributed by atoms with Crippen molar-refractivity contribution in [1.29, 1.82) is 0 Å². The molecule has 1 amide bonds. The molecule has 6 nitrogen and oxygen atoms in total. The van der Waals surface area contributed by atoms with E-state index >= 15 is 0 Å². The van der Waals surface area contributed by atoms with Gasteiger partial charge in [0, 0.05) is 0 Å². The Labute approximate surface area is 185 Å². The topological polar surface area (TPSA) is 77.0 Å². The second-order valence-corrected chi connectivity index (χ2v) is 6.87. The lowest BCUT2D eigenvalue weighted by Gasteiger charge is -2.12. The predicted molar refractivity (Wildman–Crippen MR) is 120 cm³/mol. The molecule has 3 rings (SSSR count). The van der Waals surface area contributed by atoms with Crippen LogP contribution in [0.15, 0.2) is 77.9 Å². The van der Waals surface area contributed by atoms with Crippen LogP contribution in [-0.4, -0.2) is 24.7 Å². The number of rotatable bonds is 8. The molecule has 3 aromatic rings. The molecule has 0 aliphatic heterocycles. The number of carbonyl (C=O) groups excluding carboxylic acids is 2. The minimum absolute atomic E-state index is 0.224. The van der Waals surface area contributed by atoms with Crippen LogP contribution in [0.3, 0.4) is 0 Å². The van der Waals surface area contributed by atoms with Crippen molar-refractivity contribution in [3.05, 3.63) is 94.5 Å². The summed E-state index contributed by atoms with van der Waals surface area (Å²) in [4.78, 5) is 24.4. The Hall–Kier alpha value is -3.64. The zero-order valence-electron chi connectivity index (χ0n) is 16.9. The summed E-state index contributed by atoms with van der Waals surface area (Å²) in [6, 6.07) is 21.0. The summed E-state index contributed by atoms with van der Waals surface area (Å²) in [5, 5.41) is 4.29. The van der Waals surface area contributed by atoms with Gasteiger partial charge in [-0.1, -0.05) is 54.1 Å². The van der Waals surface area contributed by atoms with Gasteiger partial charge in [0.2, 0.25) is 5.91 Å². The first kappa shape index (κ1) is 22.1. The average Bonchev–Trinajstić information content (AvgIpc) is 2.76. The van der Waals surface area contributed by atoms with E-state index in [-0.39, 0.29) is 23.6 Å². The first-order valence-electron chi connectivity index (χ1n) is 9.66. The first-order chi connectivity index (χ1) is 15.1. The van der Waals surface area contributed by atoms with Crippen LogP contribution in [0.2, 0.25) is 5.02 Å². The summed E-state index contributed by atoms with van der Waals surface area (Å²) >= 11 is 6.06. The second-order valence-electron chi connectivity index (χ2n) is 6.46. The molecule has 0 spiro atoms. The zero-order chi connectivity index (χ0) is 22.1. The lowest BCUT2D eigenvalue weighted by Crippen LogP contribution is -2.19. The van der Waals surface area contributed by atoms with Gasteiger partial charge in [-0.15, -0.1) is 0 Å². The number of benzene rings is 3. The standard InChI is InChI=1S/C24H21ClN2O4/c1-2-30-22-14-18(16-26-27-23(28)15-17-8-4-3-5-9-17)12-13-21(22)31-24(29)19-10-6-7-11-20(19)25/h3-14,16H,2,15H2,1H3,(H,27,28). The van der Waals surface area contributed by atoms with Crippen molar-refractivity contribution < 1.29 is 19.1 Å². The third-order valence-corrected chi connectivity index (χ3v) is 4.50. The van der Waals surface area contributed by atoms with Crippen molar-refractivity contribution in [3.8, 4) is 11.5 Å². The molecule has 1 N–H and O–H groups in total. The molecule has 0 saturated carbocycles. The lowest BCUT2D eigenvalue weighted by atomic mass is 10.1. The number of esters is 1. The summed E-state index contributed by atoms with van der Waals surface area (Å²) in [6.07, 6.45) is 1.73. The van der Waals surface area contributed by atoms with Gasteiger partial charge in [-0.25, -0.2) is 10.2 Å². The molecule has 0 heterocycles. The molecular weight excluding hydrogens is 416 g/mol. The average molecular weight is 437 g/mol. The molecule has 0 aliphatic rings. The summed E-state index contributed by atoms with van der Waals surface area (Å²) in [5.74, 6) is -0.168. The SMILES string of the molecule is CCOc1cc(C=NNC(=O)Cc2ccccc2)ccc1OC(=O)c1ccccc1Cl. The quantitative estimate of drug-likeness (QED) is 0.241. The van der Waals surface area contributed by atoms with E-state index in [1.54, 1.807) is 42.5 Å². The van der Waals surface area contributed by atoms with Gasteiger partial charge in [0.25, 0.3) is 0 Å². The highest BCUT2D eigenvalue weighted by molar-refractivity contribution is 6.33. The summed E-state index contributed by atoms with van der Waals surface area (Å²) in [7, 11) is 0. The molecule has 0 fully saturated rings. The Morgan fingerprint density at radius 1 is 1.00 bits per heavy atom. The molecule has 3 aromatic carbocycles. The second kappa shape index (κ2) is 10.9. The smallest absolute Gasteiger partial charge is 0.345 e. The van der Waals surface area contributed by atoms with Crippen molar-refractivity contribution >= 4 is 29.7 Å². The summed E-state index contributed by atoms with van der Waals surface area (Å²) in [5.41, 5.74) is 4.33. The number of nitrogens with one attached hydrogen (secondary N) is 1. The van der Waals surface area contributed by atoms with E-state index in [9.17, 15) is 9.59 Å². The minimum atomic E-state index is -0.582. The largest absolute Gasteiger partial charge is 0.490 e. The Bertz CT molecular complexity index is 1080. The number of nitrogens with zero attached hydrogens (tertiary/aromatic N) is 1. The monoisotopic (exact) mass is 436 g/mol. The highest BCUT2D eigenvalue weighted by Gasteiger charge is 2.15. The van der Waals surface area contributed by atoms with Crippen LogP contribution in [-0.2, 0) is 11.2 Å². The van der Waals surface area contributed by atoms with Gasteiger partial charge in [-0.05, 0) is 48.4 Å². The van der Waals surface area contributed by atoms with Crippen molar-refractivity contribution in [1.82, 2.24) is 5.43 Å². The lowest BCUT2D eigenvalue weighted by molar-refractivity contribution is -0.120. The van der Waals surface area contributed by atoms with Crippen LogP contribution in [0.4, 0.5) is 0 Å². The number of hydrazone groups is 1. The summed E-state index contributed by atoms with van der Waals surface area (Å²) < 4.78 is 11.1. The molecule has 0 unspecified atom stereocenters. The van der Waals surface area contributed by atoms with E-state index in [2.05, 4.69) is 10.5 Å². The highest BCUT2D eigenvalue weighted by atomic mass is 35.5. The molecular formula is C24H21ClN2O4. The highest BCUT2D eigenvalue weighted by Crippen LogP contribution is 2.29. The maximum Gasteiger partial charge on any atom is 0.345 e. The van der Waals surface area contributed by atoms with E-state index in [1.807, 2.05) is 37.3 Å². The van der Waals surface area contributed by atoms with Gasteiger partial charge in [0.05, 0.1) is 29.8 Å². The minimum Gasteiger partial charge on any atom is -0.490 e. The van der Waals surface area contributed by atoms with Gasteiger partial charge >= 0.3 is 5.97 Å². The van der Waals surface area contributed by atoms with Gasteiger partial charge in [0.1, 0.15) is 0 Å². The van der Waals surface area contributed by atoms with Gasteiger partial charge in [0.15, 0.2) is 11.5 Å². The molecule has 7 heteroatoms. The number of carbonyl (C=O) groups is 2. The van der Waals surface area contributed by atoms with Crippen molar-refractivity contribution in [3.63, 3.8) is 0 Å². The van der Waals surface area contributed by atoms with E-state index in [1.165, 1.54) is 6.21 Å². The molecule has 0 aromatic heterocycles. The van der Waals surface area contributed by atoms with Crippen LogP contribution >= 0.6 is 11.6 Å².